The highest BCUT2D eigenvalue weighted by molar-refractivity contribution is 6.34. The Labute approximate surface area is 192 Å². The van der Waals surface area contributed by atoms with Gasteiger partial charge < -0.3 is 21.1 Å². The van der Waals surface area contributed by atoms with Crippen LogP contribution in [0.3, 0.4) is 0 Å². The number of nitrogens with two attached hydrogens (primary N) is 1. The average Bonchev–Trinajstić information content (AvgIpc) is 3.37. The molecule has 0 aliphatic carbocycles. The molecular weight excluding hydrogens is 451 g/mol. The van der Waals surface area contributed by atoms with Gasteiger partial charge in [-0.2, -0.15) is 0 Å². The summed E-state index contributed by atoms with van der Waals surface area (Å²) in [5.74, 6) is 0.205. The molecule has 33 heavy (non-hydrogen) atoms. The van der Waals surface area contributed by atoms with Crippen molar-refractivity contribution in [3.63, 3.8) is 0 Å². The van der Waals surface area contributed by atoms with E-state index in [0.717, 1.165) is 0 Å². The van der Waals surface area contributed by atoms with E-state index >= 15 is 0 Å². The minimum atomic E-state index is -1.19. The first kappa shape index (κ1) is 21.4. The Morgan fingerprint density at radius 3 is 3.03 bits per heavy atom. The maximum absolute atomic E-state index is 14.3. The number of nitrogens with one attached hydrogen (secondary N) is 1. The molecule has 10 nitrogen and oxygen atoms in total. The topological polar surface area (TPSA) is 126 Å². The predicted molar refractivity (Wildman–Crippen MR) is 121 cm³/mol. The molecule has 4 N–H and O–H groups in total. The fourth-order valence-corrected chi connectivity index (χ4v) is 4.62. The van der Waals surface area contributed by atoms with Crippen molar-refractivity contribution in [3.8, 4) is 0 Å². The molecule has 0 saturated carbocycles. The van der Waals surface area contributed by atoms with Gasteiger partial charge in [0.25, 0.3) is 5.91 Å². The molecule has 1 aliphatic rings. The molecular formula is C21H22ClFN8O2. The zero-order valence-corrected chi connectivity index (χ0v) is 18.4. The normalized spacial score (nSPS) is 19.8. The van der Waals surface area contributed by atoms with E-state index in [2.05, 4.69) is 20.4 Å². The number of aromatic nitrogens is 5. The summed E-state index contributed by atoms with van der Waals surface area (Å²) in [5.41, 5.74) is 7.77. The molecule has 12 heteroatoms. The Morgan fingerprint density at radius 2 is 2.24 bits per heavy atom. The number of imidazole rings is 1. The van der Waals surface area contributed by atoms with Crippen molar-refractivity contribution < 1.29 is 14.3 Å². The summed E-state index contributed by atoms with van der Waals surface area (Å²) in [6, 6.07) is 2.86. The minimum absolute atomic E-state index is 0.0566. The molecule has 172 valence electrons. The summed E-state index contributed by atoms with van der Waals surface area (Å²) in [5, 5.41) is 17.7. The molecule has 0 radical (unpaired) electrons. The Balaban J connectivity index is 1.55. The van der Waals surface area contributed by atoms with Crippen LogP contribution >= 0.6 is 11.6 Å². The zero-order chi connectivity index (χ0) is 23.3. The van der Waals surface area contributed by atoms with Crippen LogP contribution in [-0.2, 0) is 0 Å². The van der Waals surface area contributed by atoms with Crippen LogP contribution in [0.15, 0.2) is 37.1 Å². The van der Waals surface area contributed by atoms with Crippen LogP contribution in [-0.4, -0.2) is 60.4 Å². The molecule has 5 heterocycles. The van der Waals surface area contributed by atoms with Crippen molar-refractivity contribution in [1.82, 2.24) is 29.3 Å². The number of hydrogen-bond donors (Lipinski definition) is 3. The largest absolute Gasteiger partial charge is 0.391 e. The Hall–Kier alpha value is -3.44. The highest BCUT2D eigenvalue weighted by Crippen LogP contribution is 2.34. The van der Waals surface area contributed by atoms with E-state index in [1.165, 1.54) is 4.52 Å². The summed E-state index contributed by atoms with van der Waals surface area (Å²) in [6.45, 7) is 2.14. The number of β-amino-alcohol motifs (C(OH)–C–C–N with tert-alkyl or cyclic N) is 1. The lowest BCUT2D eigenvalue weighted by atomic mass is 10.0. The summed E-state index contributed by atoms with van der Waals surface area (Å²) < 4.78 is 17.5. The number of carbonyl (C=O) groups excluding carboxylic acids is 1. The number of aliphatic hydroxyl groups excluding tert-OH is 1. The second-order valence-electron chi connectivity index (χ2n) is 8.16. The first-order valence-corrected chi connectivity index (χ1v) is 10.8. The molecule has 0 bridgehead atoms. The number of nitrogen functional groups attached to an aromatic ring is 1. The Kier molecular flexibility index (Phi) is 5.29. The number of carbonyl (C=O) groups is 1. The van der Waals surface area contributed by atoms with Gasteiger partial charge in [-0.1, -0.05) is 11.6 Å². The van der Waals surface area contributed by atoms with E-state index in [-0.39, 0.29) is 30.9 Å². The molecule has 1 unspecified atom stereocenters. The number of anilines is 2. The van der Waals surface area contributed by atoms with Crippen LogP contribution in [0, 0.1) is 0 Å². The van der Waals surface area contributed by atoms with E-state index in [4.69, 9.17) is 17.3 Å². The van der Waals surface area contributed by atoms with Gasteiger partial charge in [0.2, 0.25) is 0 Å². The van der Waals surface area contributed by atoms with E-state index in [1.807, 2.05) is 0 Å². The number of rotatable bonds is 4. The molecule has 1 fully saturated rings. The maximum atomic E-state index is 14.3. The fourth-order valence-electron chi connectivity index (χ4n) is 4.36. The first-order valence-electron chi connectivity index (χ1n) is 10.4. The number of pyridine rings is 1. The Morgan fingerprint density at radius 1 is 1.42 bits per heavy atom. The lowest BCUT2D eigenvalue weighted by Crippen LogP contribution is -2.45. The second-order valence-corrected chi connectivity index (χ2v) is 8.56. The molecule has 4 aromatic heterocycles. The van der Waals surface area contributed by atoms with Crippen molar-refractivity contribution in [2.75, 3.05) is 23.7 Å². The predicted octanol–water partition coefficient (Wildman–Crippen LogP) is 2.01. The highest BCUT2D eigenvalue weighted by Gasteiger charge is 2.31. The quantitative estimate of drug-likeness (QED) is 0.414. The minimum Gasteiger partial charge on any atom is -0.391 e. The van der Waals surface area contributed by atoms with Crippen LogP contribution in [0.5, 0.6) is 0 Å². The van der Waals surface area contributed by atoms with E-state index in [0.29, 0.717) is 27.6 Å². The molecule has 1 amide bonds. The second kappa shape index (κ2) is 8.16. The van der Waals surface area contributed by atoms with Crippen LogP contribution < -0.4 is 16.0 Å². The number of amides is 1. The third kappa shape index (κ3) is 3.72. The monoisotopic (exact) mass is 472 g/mol. The summed E-state index contributed by atoms with van der Waals surface area (Å²) in [7, 11) is 0. The summed E-state index contributed by atoms with van der Waals surface area (Å²) >= 11 is 6.50. The van der Waals surface area contributed by atoms with Crippen LogP contribution in [0.25, 0.3) is 11.2 Å². The van der Waals surface area contributed by atoms with Crippen LogP contribution in [0.2, 0.25) is 5.02 Å². The lowest BCUT2D eigenvalue weighted by Gasteiger charge is -2.36. The van der Waals surface area contributed by atoms with Gasteiger partial charge >= 0.3 is 0 Å². The third-order valence-corrected chi connectivity index (χ3v) is 6.10. The standard InChI is InChI=1S/C21H22ClFN8O2/c1-11(27-20(33)17-18(24)28-31-4-2-3-26-19(17)31)14-6-15(22)16-7-25-10-30(16)21(14)29-8-12(23)5-13(32)9-29/h2-4,6-7,10-13,32H,5,8-9H2,1H3,(H2,24,28)(H,27,33)/t11?,12-,13-/m1/s1. The average molecular weight is 473 g/mol. The van der Waals surface area contributed by atoms with Crippen molar-refractivity contribution in [2.45, 2.75) is 31.7 Å². The SMILES string of the molecule is CC(NC(=O)c1c(N)nn2cccnc12)c1cc(Cl)c2cncn2c1N1C[C@H](O)C[C@@H](F)C1. The first-order chi connectivity index (χ1) is 15.8. The summed E-state index contributed by atoms with van der Waals surface area (Å²) in [4.78, 5) is 23.3. The fraction of sp³-hybridized carbons (Fsp3) is 0.333. The van der Waals surface area contributed by atoms with Gasteiger partial charge in [-0.15, -0.1) is 5.10 Å². The summed E-state index contributed by atoms with van der Waals surface area (Å²) in [6.07, 6.45) is 4.47. The van der Waals surface area contributed by atoms with Gasteiger partial charge in [0.1, 0.15) is 23.9 Å². The number of halogens is 2. The van der Waals surface area contributed by atoms with Gasteiger partial charge in [-0.25, -0.2) is 18.9 Å². The third-order valence-electron chi connectivity index (χ3n) is 5.79. The van der Waals surface area contributed by atoms with Crippen LogP contribution in [0.1, 0.15) is 35.3 Å². The number of hydrogen-bond acceptors (Lipinski definition) is 7. The van der Waals surface area contributed by atoms with Gasteiger partial charge in [0.05, 0.1) is 35.4 Å². The Bertz CT molecular complexity index is 1350. The molecule has 0 aromatic carbocycles. The lowest BCUT2D eigenvalue weighted by molar-refractivity contribution is 0.0940. The maximum Gasteiger partial charge on any atom is 0.259 e. The van der Waals surface area contributed by atoms with Crippen molar-refractivity contribution in [3.05, 3.63) is 53.2 Å². The van der Waals surface area contributed by atoms with E-state index in [1.54, 1.807) is 53.3 Å². The van der Waals surface area contributed by atoms with Crippen LogP contribution in [0.4, 0.5) is 16.0 Å². The van der Waals surface area contributed by atoms with Crippen molar-refractivity contribution in [2.24, 2.45) is 0 Å². The number of alkyl halides is 1. The van der Waals surface area contributed by atoms with Crippen molar-refractivity contribution >= 4 is 40.3 Å². The smallest absolute Gasteiger partial charge is 0.259 e. The van der Waals surface area contributed by atoms with Gasteiger partial charge in [-0.3, -0.25) is 9.20 Å². The molecule has 1 aliphatic heterocycles. The molecule has 5 rings (SSSR count). The molecule has 4 aromatic rings. The molecule has 1 saturated heterocycles. The number of piperidine rings is 1. The zero-order valence-electron chi connectivity index (χ0n) is 17.7. The van der Waals surface area contributed by atoms with Crippen molar-refractivity contribution in [1.29, 1.82) is 0 Å². The van der Waals surface area contributed by atoms with E-state index < -0.39 is 24.2 Å². The number of fused-ring (bicyclic) bond motifs is 2. The molecule has 3 atom stereocenters. The van der Waals surface area contributed by atoms with E-state index in [9.17, 15) is 14.3 Å². The van der Waals surface area contributed by atoms with Gasteiger partial charge in [0, 0.05) is 30.9 Å². The van der Waals surface area contributed by atoms with Gasteiger partial charge in [0.15, 0.2) is 11.5 Å². The number of aliphatic hydroxyl groups is 1. The number of nitrogens with zero attached hydrogens (tertiary/aromatic N) is 6. The molecule has 0 spiro atoms. The van der Waals surface area contributed by atoms with Gasteiger partial charge in [-0.05, 0) is 19.1 Å². The highest BCUT2D eigenvalue weighted by atomic mass is 35.5.